The largest absolute Gasteiger partial charge is 0.421 e. The summed E-state index contributed by atoms with van der Waals surface area (Å²) in [5.74, 6) is 1.06. The fourth-order valence-electron chi connectivity index (χ4n) is 3.25. The van der Waals surface area contributed by atoms with Crippen LogP contribution >= 0.6 is 0 Å². The van der Waals surface area contributed by atoms with E-state index in [1.165, 1.54) is 11.1 Å². The van der Waals surface area contributed by atoms with Crippen molar-refractivity contribution < 1.29 is 9.52 Å². The van der Waals surface area contributed by atoms with Crippen LogP contribution in [0.1, 0.15) is 28.5 Å². The fraction of sp³-hybridized carbons (Fsp3) is 0.222. The van der Waals surface area contributed by atoms with Gasteiger partial charge in [0.15, 0.2) is 0 Å². The number of hydrogen-bond donors (Lipinski definition) is 1. The van der Waals surface area contributed by atoms with Gasteiger partial charge in [0.2, 0.25) is 11.8 Å². The summed E-state index contributed by atoms with van der Waals surface area (Å²) in [6.45, 7) is 1.78. The number of hydrogen-bond acceptors (Lipinski definition) is 4. The molecule has 110 valence electrons. The van der Waals surface area contributed by atoms with Gasteiger partial charge in [-0.3, -0.25) is 0 Å². The summed E-state index contributed by atoms with van der Waals surface area (Å²) in [4.78, 5) is 0. The third kappa shape index (κ3) is 2.12. The van der Waals surface area contributed by atoms with Crippen LogP contribution in [0, 0.1) is 6.92 Å². The van der Waals surface area contributed by atoms with Gasteiger partial charge < -0.3 is 9.52 Å². The fourth-order valence-corrected chi connectivity index (χ4v) is 3.25. The molecule has 2 atom stereocenters. The van der Waals surface area contributed by atoms with Crippen LogP contribution in [0.3, 0.4) is 0 Å². The SMILES string of the molecule is Cc1nnc(-c2cccc([C@@H]3c4ccccc4C[C@H]3O)c2)o1. The monoisotopic (exact) mass is 292 g/mol. The molecule has 0 radical (unpaired) electrons. The van der Waals surface area contributed by atoms with Crippen molar-refractivity contribution in [1.29, 1.82) is 0 Å². The first-order valence-electron chi connectivity index (χ1n) is 7.38. The molecule has 1 N–H and O–H groups in total. The minimum Gasteiger partial charge on any atom is -0.421 e. The summed E-state index contributed by atoms with van der Waals surface area (Å²) in [6.07, 6.45) is 0.308. The van der Waals surface area contributed by atoms with Gasteiger partial charge in [0.25, 0.3) is 0 Å². The molecule has 22 heavy (non-hydrogen) atoms. The Morgan fingerprint density at radius 1 is 1.09 bits per heavy atom. The highest BCUT2D eigenvalue weighted by molar-refractivity contribution is 5.56. The molecule has 1 aliphatic rings. The molecule has 0 saturated heterocycles. The van der Waals surface area contributed by atoms with Gasteiger partial charge in [-0.05, 0) is 35.2 Å². The Morgan fingerprint density at radius 3 is 2.77 bits per heavy atom. The molecule has 4 rings (SSSR count). The quantitative estimate of drug-likeness (QED) is 0.788. The normalized spacial score (nSPS) is 20.1. The second kappa shape index (κ2) is 5.07. The molecule has 1 aromatic heterocycles. The molecule has 2 aromatic carbocycles. The van der Waals surface area contributed by atoms with Gasteiger partial charge in [-0.2, -0.15) is 0 Å². The molecular weight excluding hydrogens is 276 g/mol. The second-order valence-electron chi connectivity index (χ2n) is 5.70. The van der Waals surface area contributed by atoms with Crippen LogP contribution in [0.5, 0.6) is 0 Å². The molecule has 0 unspecified atom stereocenters. The summed E-state index contributed by atoms with van der Waals surface area (Å²) >= 11 is 0. The Morgan fingerprint density at radius 2 is 1.95 bits per heavy atom. The van der Waals surface area contributed by atoms with Gasteiger partial charge in [-0.1, -0.05) is 36.4 Å². The Bertz CT molecular complexity index is 825. The van der Waals surface area contributed by atoms with E-state index >= 15 is 0 Å². The average molecular weight is 292 g/mol. The Kier molecular flexibility index (Phi) is 3.05. The molecule has 0 fully saturated rings. The number of nitrogens with zero attached hydrogens (tertiary/aromatic N) is 2. The number of aryl methyl sites for hydroxylation is 1. The summed E-state index contributed by atoms with van der Waals surface area (Å²) < 4.78 is 5.50. The summed E-state index contributed by atoms with van der Waals surface area (Å²) in [6, 6.07) is 16.2. The number of benzene rings is 2. The lowest BCUT2D eigenvalue weighted by molar-refractivity contribution is 0.169. The van der Waals surface area contributed by atoms with Crippen LogP contribution in [0.2, 0.25) is 0 Å². The van der Waals surface area contributed by atoms with Crippen molar-refractivity contribution in [3.8, 4) is 11.5 Å². The van der Waals surface area contributed by atoms with Crippen LogP contribution in [0.15, 0.2) is 52.9 Å². The zero-order chi connectivity index (χ0) is 15.1. The maximum Gasteiger partial charge on any atom is 0.247 e. The van der Waals surface area contributed by atoms with E-state index in [0.717, 1.165) is 11.1 Å². The zero-order valence-corrected chi connectivity index (χ0v) is 12.2. The maximum atomic E-state index is 10.5. The summed E-state index contributed by atoms with van der Waals surface area (Å²) in [5, 5.41) is 18.4. The molecule has 1 aliphatic carbocycles. The minimum atomic E-state index is -0.392. The predicted octanol–water partition coefficient (Wildman–Crippen LogP) is 3.09. The lowest BCUT2D eigenvalue weighted by Crippen LogP contribution is -2.14. The van der Waals surface area contributed by atoms with Crippen LogP contribution in [-0.4, -0.2) is 21.4 Å². The Hall–Kier alpha value is -2.46. The third-order valence-electron chi connectivity index (χ3n) is 4.22. The van der Waals surface area contributed by atoms with E-state index < -0.39 is 6.10 Å². The molecule has 4 nitrogen and oxygen atoms in total. The topological polar surface area (TPSA) is 59.2 Å². The third-order valence-corrected chi connectivity index (χ3v) is 4.22. The highest BCUT2D eigenvalue weighted by Crippen LogP contribution is 2.39. The molecule has 0 aliphatic heterocycles. The van der Waals surface area contributed by atoms with Crippen molar-refractivity contribution in [3.63, 3.8) is 0 Å². The number of aliphatic hydroxyl groups is 1. The van der Waals surface area contributed by atoms with E-state index in [2.05, 4.69) is 22.3 Å². The van der Waals surface area contributed by atoms with Crippen molar-refractivity contribution in [2.45, 2.75) is 25.4 Å². The van der Waals surface area contributed by atoms with Gasteiger partial charge in [0, 0.05) is 18.4 Å². The van der Waals surface area contributed by atoms with Gasteiger partial charge in [-0.15, -0.1) is 10.2 Å². The molecule has 0 bridgehead atoms. The molecule has 4 heteroatoms. The summed E-state index contributed by atoms with van der Waals surface area (Å²) in [5.41, 5.74) is 4.38. The molecule has 0 amide bonds. The molecule has 3 aromatic rings. The van der Waals surface area contributed by atoms with E-state index in [4.69, 9.17) is 4.42 Å². The van der Waals surface area contributed by atoms with E-state index in [1.807, 2.05) is 36.4 Å². The van der Waals surface area contributed by atoms with E-state index in [0.29, 0.717) is 18.2 Å². The van der Waals surface area contributed by atoms with Crippen molar-refractivity contribution in [2.24, 2.45) is 0 Å². The first-order valence-corrected chi connectivity index (χ1v) is 7.38. The first kappa shape index (κ1) is 13.2. The maximum absolute atomic E-state index is 10.5. The molecular formula is C18H16N2O2. The predicted molar refractivity (Wildman–Crippen MR) is 82.5 cm³/mol. The van der Waals surface area contributed by atoms with E-state index in [-0.39, 0.29) is 5.92 Å². The minimum absolute atomic E-state index is 0.000156. The smallest absolute Gasteiger partial charge is 0.247 e. The van der Waals surface area contributed by atoms with Gasteiger partial charge in [0.1, 0.15) is 0 Å². The van der Waals surface area contributed by atoms with E-state index in [1.54, 1.807) is 6.92 Å². The average Bonchev–Trinajstić information content (AvgIpc) is 3.10. The van der Waals surface area contributed by atoms with Crippen LogP contribution in [0.4, 0.5) is 0 Å². The van der Waals surface area contributed by atoms with Crippen LogP contribution in [-0.2, 0) is 6.42 Å². The second-order valence-corrected chi connectivity index (χ2v) is 5.70. The number of aromatic nitrogens is 2. The van der Waals surface area contributed by atoms with Crippen molar-refractivity contribution in [2.75, 3.05) is 0 Å². The van der Waals surface area contributed by atoms with Gasteiger partial charge in [0.05, 0.1) is 6.10 Å². The Balaban J connectivity index is 1.77. The van der Waals surface area contributed by atoms with Gasteiger partial charge in [-0.25, -0.2) is 0 Å². The lowest BCUT2D eigenvalue weighted by Gasteiger charge is -2.17. The van der Waals surface area contributed by atoms with Crippen molar-refractivity contribution in [1.82, 2.24) is 10.2 Å². The lowest BCUT2D eigenvalue weighted by atomic mass is 9.90. The van der Waals surface area contributed by atoms with Crippen LogP contribution < -0.4 is 0 Å². The van der Waals surface area contributed by atoms with Crippen molar-refractivity contribution in [3.05, 3.63) is 71.1 Å². The standard InChI is InChI=1S/C18H16N2O2/c1-11-19-20-18(22-11)14-7-4-6-13(9-14)17-15-8-3-2-5-12(15)10-16(17)21/h2-9,16-17,21H,10H2,1H3/t16-,17-/m1/s1. The highest BCUT2D eigenvalue weighted by Gasteiger charge is 2.32. The first-order chi connectivity index (χ1) is 10.7. The van der Waals surface area contributed by atoms with E-state index in [9.17, 15) is 5.11 Å². The molecule has 1 heterocycles. The summed E-state index contributed by atoms with van der Waals surface area (Å²) in [7, 11) is 0. The van der Waals surface area contributed by atoms with Gasteiger partial charge >= 0.3 is 0 Å². The molecule has 0 saturated carbocycles. The zero-order valence-electron chi connectivity index (χ0n) is 12.2. The van der Waals surface area contributed by atoms with Crippen LogP contribution in [0.25, 0.3) is 11.5 Å². The number of fused-ring (bicyclic) bond motifs is 1. The Labute approximate surface area is 128 Å². The van der Waals surface area contributed by atoms with Crippen molar-refractivity contribution >= 4 is 0 Å². The number of rotatable bonds is 2. The number of aliphatic hydroxyl groups excluding tert-OH is 1. The molecule has 0 spiro atoms. The highest BCUT2D eigenvalue weighted by atomic mass is 16.4.